The van der Waals surface area contributed by atoms with Crippen LogP contribution in [0.15, 0.2) is 48.5 Å². The Bertz CT molecular complexity index is 1070. The molecule has 2 aromatic carbocycles. The molecule has 0 spiro atoms. The van der Waals surface area contributed by atoms with Gasteiger partial charge in [0, 0.05) is 23.0 Å². The SMILES string of the molecule is Cc1nn(-c2ccc(F)cc2)c(C)c1C1Nc2ccccc2C(=O)N1C1CC1. The van der Waals surface area contributed by atoms with E-state index in [2.05, 4.69) is 5.32 Å². The molecule has 2 aliphatic rings. The number of fused-ring (bicyclic) bond motifs is 1. The van der Waals surface area contributed by atoms with Crippen LogP contribution in [-0.2, 0) is 0 Å². The standard InChI is InChI=1S/C22H21FN4O/c1-13-20(14(2)27(25-13)17-9-7-15(23)8-10-17)21-24-19-6-4-3-5-18(19)22(28)26(21)16-11-12-16/h3-10,16,21,24H,11-12H2,1-2H3. The highest BCUT2D eigenvalue weighted by Gasteiger charge is 2.43. The van der Waals surface area contributed by atoms with E-state index in [9.17, 15) is 9.18 Å². The summed E-state index contributed by atoms with van der Waals surface area (Å²) in [4.78, 5) is 15.2. The highest BCUT2D eigenvalue weighted by Crippen LogP contribution is 2.42. The van der Waals surface area contributed by atoms with Crippen molar-refractivity contribution in [2.75, 3.05) is 5.32 Å². The van der Waals surface area contributed by atoms with Crippen molar-refractivity contribution in [1.29, 1.82) is 0 Å². The van der Waals surface area contributed by atoms with Gasteiger partial charge in [-0.15, -0.1) is 0 Å². The largest absolute Gasteiger partial charge is 0.361 e. The van der Waals surface area contributed by atoms with Gasteiger partial charge in [-0.1, -0.05) is 12.1 Å². The molecule has 0 radical (unpaired) electrons. The Kier molecular flexibility index (Phi) is 3.75. The van der Waals surface area contributed by atoms with Crippen LogP contribution in [0.25, 0.3) is 5.69 Å². The maximum atomic E-state index is 13.3. The number of hydrogen-bond donors (Lipinski definition) is 1. The number of anilines is 1. The average Bonchev–Trinajstić information content (AvgIpc) is 3.47. The number of carbonyl (C=O) groups excluding carboxylic acids is 1. The zero-order valence-electron chi connectivity index (χ0n) is 15.8. The molecular formula is C22H21FN4O. The van der Waals surface area contributed by atoms with Crippen molar-refractivity contribution in [3.63, 3.8) is 0 Å². The summed E-state index contributed by atoms with van der Waals surface area (Å²) in [5.74, 6) is -0.211. The fraction of sp³-hybridized carbons (Fsp3) is 0.273. The van der Waals surface area contributed by atoms with Crippen LogP contribution in [0.3, 0.4) is 0 Å². The molecule has 1 aliphatic heterocycles. The minimum Gasteiger partial charge on any atom is -0.361 e. The van der Waals surface area contributed by atoms with Gasteiger partial charge in [-0.3, -0.25) is 4.79 Å². The highest BCUT2D eigenvalue weighted by molar-refractivity contribution is 6.02. The lowest BCUT2D eigenvalue weighted by Gasteiger charge is -2.38. The predicted octanol–water partition coefficient (Wildman–Crippen LogP) is 4.36. The zero-order valence-corrected chi connectivity index (χ0v) is 15.8. The number of halogens is 1. The molecule has 28 heavy (non-hydrogen) atoms. The van der Waals surface area contributed by atoms with Gasteiger partial charge in [0.25, 0.3) is 5.91 Å². The Labute approximate surface area is 162 Å². The molecule has 1 N–H and O–H groups in total. The van der Waals surface area contributed by atoms with Crippen molar-refractivity contribution >= 4 is 11.6 Å². The Morgan fingerprint density at radius 1 is 1.07 bits per heavy atom. The number of nitrogens with zero attached hydrogens (tertiary/aromatic N) is 3. The van der Waals surface area contributed by atoms with Crippen LogP contribution in [0.1, 0.15) is 46.3 Å². The van der Waals surface area contributed by atoms with Crippen molar-refractivity contribution in [1.82, 2.24) is 14.7 Å². The number of rotatable bonds is 3. The fourth-order valence-corrected chi connectivity index (χ4v) is 4.09. The van der Waals surface area contributed by atoms with Gasteiger partial charge in [0.15, 0.2) is 0 Å². The third kappa shape index (κ3) is 2.59. The zero-order chi connectivity index (χ0) is 19.4. The van der Waals surface area contributed by atoms with Crippen LogP contribution in [0.2, 0.25) is 0 Å². The number of hydrogen-bond acceptors (Lipinski definition) is 3. The number of nitrogens with one attached hydrogen (secondary N) is 1. The molecule has 1 unspecified atom stereocenters. The molecule has 5 nitrogen and oxygen atoms in total. The first-order valence-corrected chi connectivity index (χ1v) is 9.55. The Morgan fingerprint density at radius 2 is 1.79 bits per heavy atom. The average molecular weight is 376 g/mol. The van der Waals surface area contributed by atoms with Crippen molar-refractivity contribution < 1.29 is 9.18 Å². The monoisotopic (exact) mass is 376 g/mol. The number of carbonyl (C=O) groups is 1. The molecule has 1 aromatic heterocycles. The molecule has 1 aliphatic carbocycles. The summed E-state index contributed by atoms with van der Waals surface area (Å²) >= 11 is 0. The summed E-state index contributed by atoms with van der Waals surface area (Å²) in [7, 11) is 0. The van der Waals surface area contributed by atoms with Crippen molar-refractivity contribution in [2.24, 2.45) is 0 Å². The van der Waals surface area contributed by atoms with Gasteiger partial charge in [-0.05, 0) is 63.1 Å². The first kappa shape index (κ1) is 17.0. The minimum atomic E-state index is -0.276. The quantitative estimate of drug-likeness (QED) is 0.739. The van der Waals surface area contributed by atoms with Gasteiger partial charge in [0.1, 0.15) is 12.0 Å². The van der Waals surface area contributed by atoms with E-state index in [1.165, 1.54) is 12.1 Å². The lowest BCUT2D eigenvalue weighted by atomic mass is 10.0. The third-order valence-corrected chi connectivity index (χ3v) is 5.59. The maximum Gasteiger partial charge on any atom is 0.258 e. The number of aromatic nitrogens is 2. The van der Waals surface area contributed by atoms with E-state index >= 15 is 0 Å². The van der Waals surface area contributed by atoms with E-state index < -0.39 is 0 Å². The van der Waals surface area contributed by atoms with Crippen molar-refractivity contribution in [3.05, 3.63) is 76.9 Å². The topological polar surface area (TPSA) is 50.2 Å². The van der Waals surface area contributed by atoms with E-state index in [0.29, 0.717) is 5.56 Å². The minimum absolute atomic E-state index is 0.0650. The summed E-state index contributed by atoms with van der Waals surface area (Å²) in [5.41, 5.74) is 5.17. The highest BCUT2D eigenvalue weighted by atomic mass is 19.1. The van der Waals surface area contributed by atoms with Crippen LogP contribution in [0, 0.1) is 19.7 Å². The van der Waals surface area contributed by atoms with E-state index in [-0.39, 0.29) is 23.9 Å². The van der Waals surface area contributed by atoms with E-state index in [0.717, 1.165) is 41.2 Å². The molecule has 1 atom stereocenters. The first-order chi connectivity index (χ1) is 13.5. The van der Waals surface area contributed by atoms with Crippen molar-refractivity contribution in [2.45, 2.75) is 38.9 Å². The molecule has 0 bridgehead atoms. The van der Waals surface area contributed by atoms with Crippen LogP contribution in [-0.4, -0.2) is 26.6 Å². The Hall–Kier alpha value is -3.15. The second-order valence-corrected chi connectivity index (χ2v) is 7.51. The molecule has 0 saturated heterocycles. The number of amides is 1. The summed E-state index contributed by atoms with van der Waals surface area (Å²) in [6.45, 7) is 3.95. The second kappa shape index (κ2) is 6.19. The molecule has 1 saturated carbocycles. The first-order valence-electron chi connectivity index (χ1n) is 9.55. The van der Waals surface area contributed by atoms with Gasteiger partial charge >= 0.3 is 0 Å². The summed E-state index contributed by atoms with van der Waals surface area (Å²) in [5, 5.41) is 8.26. The van der Waals surface area contributed by atoms with Gasteiger partial charge < -0.3 is 10.2 Å². The summed E-state index contributed by atoms with van der Waals surface area (Å²) in [6.07, 6.45) is 1.79. The van der Waals surface area contributed by atoms with Gasteiger partial charge in [-0.2, -0.15) is 5.10 Å². The Morgan fingerprint density at radius 3 is 2.50 bits per heavy atom. The van der Waals surface area contributed by atoms with Crippen LogP contribution < -0.4 is 5.32 Å². The summed E-state index contributed by atoms with van der Waals surface area (Å²) in [6, 6.07) is 14.2. The molecule has 5 rings (SSSR count). The molecule has 6 heteroatoms. The van der Waals surface area contributed by atoms with Gasteiger partial charge in [0.05, 0.1) is 16.9 Å². The van der Waals surface area contributed by atoms with Gasteiger partial charge in [-0.25, -0.2) is 9.07 Å². The van der Waals surface area contributed by atoms with E-state index in [1.54, 1.807) is 12.1 Å². The molecule has 3 aromatic rings. The third-order valence-electron chi connectivity index (χ3n) is 5.59. The molecule has 1 fully saturated rings. The van der Waals surface area contributed by atoms with Crippen LogP contribution in [0.4, 0.5) is 10.1 Å². The lowest BCUT2D eigenvalue weighted by Crippen LogP contribution is -2.44. The summed E-state index contributed by atoms with van der Waals surface area (Å²) < 4.78 is 15.1. The molecular weight excluding hydrogens is 355 g/mol. The lowest BCUT2D eigenvalue weighted by molar-refractivity contribution is 0.0665. The van der Waals surface area contributed by atoms with Crippen LogP contribution >= 0.6 is 0 Å². The molecule has 2 heterocycles. The molecule has 1 amide bonds. The fourth-order valence-electron chi connectivity index (χ4n) is 4.09. The van der Waals surface area contributed by atoms with E-state index in [4.69, 9.17) is 5.10 Å². The van der Waals surface area contributed by atoms with Crippen molar-refractivity contribution in [3.8, 4) is 5.69 Å². The predicted molar refractivity (Wildman–Crippen MR) is 105 cm³/mol. The Balaban J connectivity index is 1.62. The maximum absolute atomic E-state index is 13.3. The van der Waals surface area contributed by atoms with Gasteiger partial charge in [0.2, 0.25) is 0 Å². The number of para-hydroxylation sites is 1. The number of benzene rings is 2. The number of aryl methyl sites for hydroxylation is 1. The second-order valence-electron chi connectivity index (χ2n) is 7.51. The van der Waals surface area contributed by atoms with E-state index in [1.807, 2.05) is 47.7 Å². The molecule has 142 valence electrons. The smallest absolute Gasteiger partial charge is 0.258 e. The normalized spacial score (nSPS) is 18.8. The van der Waals surface area contributed by atoms with Crippen LogP contribution in [0.5, 0.6) is 0 Å².